The molecule has 0 amide bonds. The average molecular weight is 180 g/mol. The minimum Gasteiger partial charge on any atom is -0.369 e. The molecule has 2 nitrogen and oxygen atoms in total. The molecular weight excluding hydrogens is 166 g/mol. The van der Waals surface area contributed by atoms with E-state index in [1.807, 2.05) is 6.92 Å². The summed E-state index contributed by atoms with van der Waals surface area (Å²) in [6.45, 7) is 3.70. The molecule has 1 saturated heterocycles. The van der Waals surface area contributed by atoms with Gasteiger partial charge in [0.05, 0.1) is 12.2 Å². The van der Waals surface area contributed by atoms with Crippen molar-refractivity contribution in [3.8, 4) is 0 Å². The highest BCUT2D eigenvalue weighted by Crippen LogP contribution is 2.29. The quantitative estimate of drug-likeness (QED) is 0.602. The molecule has 0 N–H and O–H groups in total. The van der Waals surface area contributed by atoms with Crippen molar-refractivity contribution >= 4 is 9.47 Å². The highest BCUT2D eigenvalue weighted by Gasteiger charge is 2.41. The number of hydrogen-bond acceptors (Lipinski definition) is 2. The van der Waals surface area contributed by atoms with E-state index in [0.29, 0.717) is 0 Å². The molecule has 0 bridgehead atoms. The fourth-order valence-electron chi connectivity index (χ4n) is 1.39. The Bertz CT molecular complexity index is 134. The van der Waals surface area contributed by atoms with Crippen LogP contribution in [0.15, 0.2) is 0 Å². The summed E-state index contributed by atoms with van der Waals surface area (Å²) in [5, 5.41) is 0. The minimum absolute atomic E-state index is 0.0856. The Balaban J connectivity index is 2.57. The van der Waals surface area contributed by atoms with E-state index in [4.69, 9.17) is 9.26 Å². The van der Waals surface area contributed by atoms with Crippen LogP contribution in [0.3, 0.4) is 0 Å². The normalized spacial score (nSPS) is 44.7. The number of ether oxygens (including phenoxy) is 1. The van der Waals surface area contributed by atoms with Gasteiger partial charge >= 0.3 is 0 Å². The zero-order valence-corrected chi connectivity index (χ0v) is 7.94. The molecule has 0 aromatic carbocycles. The van der Waals surface area contributed by atoms with E-state index in [2.05, 4.69) is 9.47 Å². The van der Waals surface area contributed by atoms with Crippen molar-refractivity contribution in [2.45, 2.75) is 44.8 Å². The van der Waals surface area contributed by atoms with Gasteiger partial charge in [0, 0.05) is 9.47 Å². The van der Waals surface area contributed by atoms with Crippen molar-refractivity contribution in [2.75, 3.05) is 0 Å². The van der Waals surface area contributed by atoms with Crippen molar-refractivity contribution in [1.82, 2.24) is 0 Å². The Labute approximate surface area is 68.7 Å². The molecule has 1 aliphatic heterocycles. The largest absolute Gasteiger partial charge is 0.369 e. The number of halogens is 1. The molecule has 4 heteroatoms. The number of hydrogen-bond donors (Lipinski definition) is 0. The standard InChI is InChI=1S/C7H14FO2P/c1-3-5-7(10-11)6(8)4(2)9-5/h4-7H,3,11H2,1-2H3/t4-,5+,6?,7?/m0/s1. The Kier molecular flexibility index (Phi) is 3.23. The highest BCUT2D eigenvalue weighted by molar-refractivity contribution is 7.09. The van der Waals surface area contributed by atoms with E-state index in [-0.39, 0.29) is 12.2 Å². The van der Waals surface area contributed by atoms with Crippen molar-refractivity contribution in [2.24, 2.45) is 0 Å². The third-order valence-corrected chi connectivity index (χ3v) is 2.39. The lowest BCUT2D eigenvalue weighted by molar-refractivity contribution is 0.0245. The summed E-state index contributed by atoms with van der Waals surface area (Å²) >= 11 is 0. The zero-order valence-electron chi connectivity index (χ0n) is 6.79. The maximum absolute atomic E-state index is 13.2. The van der Waals surface area contributed by atoms with Gasteiger partial charge in [0.1, 0.15) is 6.10 Å². The van der Waals surface area contributed by atoms with E-state index in [1.165, 1.54) is 0 Å². The second-order valence-corrected chi connectivity index (χ2v) is 3.11. The lowest BCUT2D eigenvalue weighted by Crippen LogP contribution is -2.28. The van der Waals surface area contributed by atoms with Crippen molar-refractivity contribution < 1.29 is 13.7 Å². The third-order valence-electron chi connectivity index (χ3n) is 2.08. The van der Waals surface area contributed by atoms with Gasteiger partial charge in [-0.05, 0) is 13.3 Å². The predicted octanol–water partition coefficient (Wildman–Crippen LogP) is 1.70. The van der Waals surface area contributed by atoms with Gasteiger partial charge in [0.15, 0.2) is 6.17 Å². The van der Waals surface area contributed by atoms with Crippen molar-refractivity contribution in [3.63, 3.8) is 0 Å². The van der Waals surface area contributed by atoms with Gasteiger partial charge < -0.3 is 9.26 Å². The Morgan fingerprint density at radius 2 is 2.27 bits per heavy atom. The van der Waals surface area contributed by atoms with Crippen LogP contribution >= 0.6 is 9.47 Å². The summed E-state index contributed by atoms with van der Waals surface area (Å²) < 4.78 is 23.4. The molecule has 5 atom stereocenters. The molecule has 0 aromatic heterocycles. The van der Waals surface area contributed by atoms with Crippen LogP contribution in [0.25, 0.3) is 0 Å². The summed E-state index contributed by atoms with van der Waals surface area (Å²) in [7, 11) is 2.10. The first-order chi connectivity index (χ1) is 5.20. The summed E-state index contributed by atoms with van der Waals surface area (Å²) in [6, 6.07) is 0. The first-order valence-corrected chi connectivity index (χ1v) is 4.33. The molecule has 3 unspecified atom stereocenters. The molecule has 0 aliphatic carbocycles. The molecule has 66 valence electrons. The summed E-state index contributed by atoms with van der Waals surface area (Å²) in [4.78, 5) is 0. The third kappa shape index (κ3) is 1.71. The second kappa shape index (κ2) is 3.79. The molecule has 11 heavy (non-hydrogen) atoms. The fourth-order valence-corrected chi connectivity index (χ4v) is 1.72. The summed E-state index contributed by atoms with van der Waals surface area (Å²) in [6.07, 6.45) is -1.01. The molecular formula is C7H14FO2P. The molecule has 1 heterocycles. The van der Waals surface area contributed by atoms with E-state index >= 15 is 0 Å². The van der Waals surface area contributed by atoms with Gasteiger partial charge in [-0.2, -0.15) is 0 Å². The lowest BCUT2D eigenvalue weighted by Gasteiger charge is -2.14. The topological polar surface area (TPSA) is 18.5 Å². The van der Waals surface area contributed by atoms with Gasteiger partial charge in [-0.3, -0.25) is 0 Å². The second-order valence-electron chi connectivity index (χ2n) is 2.83. The van der Waals surface area contributed by atoms with Crippen LogP contribution in [0.4, 0.5) is 4.39 Å². The Morgan fingerprint density at radius 1 is 1.64 bits per heavy atom. The van der Waals surface area contributed by atoms with Crippen LogP contribution in [0, 0.1) is 0 Å². The van der Waals surface area contributed by atoms with Crippen LogP contribution in [-0.2, 0) is 9.26 Å². The molecule has 0 radical (unpaired) electrons. The van der Waals surface area contributed by atoms with E-state index in [0.717, 1.165) is 6.42 Å². The summed E-state index contributed by atoms with van der Waals surface area (Å²) in [5.41, 5.74) is 0. The van der Waals surface area contributed by atoms with E-state index < -0.39 is 12.3 Å². The molecule has 1 aliphatic rings. The Morgan fingerprint density at radius 3 is 2.64 bits per heavy atom. The average Bonchev–Trinajstić information content (AvgIpc) is 2.28. The molecule has 0 spiro atoms. The first-order valence-electron chi connectivity index (χ1n) is 3.85. The minimum atomic E-state index is -0.988. The van der Waals surface area contributed by atoms with Gasteiger partial charge in [-0.25, -0.2) is 4.39 Å². The fraction of sp³-hybridized carbons (Fsp3) is 1.00. The van der Waals surface area contributed by atoms with Crippen LogP contribution in [0.5, 0.6) is 0 Å². The van der Waals surface area contributed by atoms with Gasteiger partial charge in [-0.1, -0.05) is 6.92 Å². The monoisotopic (exact) mass is 180 g/mol. The summed E-state index contributed by atoms with van der Waals surface area (Å²) in [5.74, 6) is 0. The van der Waals surface area contributed by atoms with Crippen LogP contribution < -0.4 is 0 Å². The van der Waals surface area contributed by atoms with Gasteiger partial charge in [0.25, 0.3) is 0 Å². The maximum Gasteiger partial charge on any atom is 0.155 e. The van der Waals surface area contributed by atoms with Crippen molar-refractivity contribution in [3.05, 3.63) is 0 Å². The van der Waals surface area contributed by atoms with Crippen molar-refractivity contribution in [1.29, 1.82) is 0 Å². The molecule has 0 aromatic rings. The van der Waals surface area contributed by atoms with E-state index in [1.54, 1.807) is 6.92 Å². The lowest BCUT2D eigenvalue weighted by atomic mass is 10.1. The number of rotatable bonds is 2. The van der Waals surface area contributed by atoms with Crippen LogP contribution in [-0.4, -0.2) is 24.5 Å². The molecule has 1 fully saturated rings. The predicted molar refractivity (Wildman–Crippen MR) is 44.1 cm³/mol. The molecule has 1 rings (SSSR count). The van der Waals surface area contributed by atoms with Gasteiger partial charge in [0.2, 0.25) is 0 Å². The molecule has 0 saturated carbocycles. The number of alkyl halides is 1. The van der Waals surface area contributed by atoms with Crippen LogP contribution in [0.2, 0.25) is 0 Å². The highest BCUT2D eigenvalue weighted by atomic mass is 31.0. The van der Waals surface area contributed by atoms with Crippen LogP contribution in [0.1, 0.15) is 20.3 Å². The first kappa shape index (κ1) is 9.37. The zero-order chi connectivity index (χ0) is 8.43. The Hall–Kier alpha value is 0.280. The smallest absolute Gasteiger partial charge is 0.155 e. The van der Waals surface area contributed by atoms with E-state index in [9.17, 15) is 4.39 Å². The maximum atomic E-state index is 13.2. The SMILES string of the molecule is CC[C@H]1O[C@@H](C)C(F)C1OP. The van der Waals surface area contributed by atoms with Gasteiger partial charge in [-0.15, -0.1) is 0 Å².